The largest absolute Gasteiger partial charge is 0.493 e. The van der Waals surface area contributed by atoms with Crippen LogP contribution in [-0.4, -0.2) is 61.9 Å². The summed E-state index contributed by atoms with van der Waals surface area (Å²) < 4.78 is 30.8. The van der Waals surface area contributed by atoms with Crippen LogP contribution in [0.4, 0.5) is 4.39 Å². The van der Waals surface area contributed by atoms with Gasteiger partial charge in [0.15, 0.2) is 11.5 Å². The van der Waals surface area contributed by atoms with Crippen molar-refractivity contribution < 1.29 is 28.5 Å². The summed E-state index contributed by atoms with van der Waals surface area (Å²) in [6, 6.07) is 11.5. The molecule has 1 aliphatic heterocycles. The number of hydrogen-bond donors (Lipinski definition) is 1. The van der Waals surface area contributed by atoms with Gasteiger partial charge in [-0.05, 0) is 37.1 Å². The summed E-state index contributed by atoms with van der Waals surface area (Å²) >= 11 is 0. The molecule has 3 rings (SSSR count). The number of carbonyl (C=O) groups is 1. The van der Waals surface area contributed by atoms with Gasteiger partial charge in [0.2, 0.25) is 0 Å². The first kappa shape index (κ1) is 22.2. The molecule has 0 saturated carbocycles. The lowest BCUT2D eigenvalue weighted by Crippen LogP contribution is -2.39. The molecule has 30 heavy (non-hydrogen) atoms. The Morgan fingerprint density at radius 2 is 2.13 bits per heavy atom. The first-order chi connectivity index (χ1) is 14.6. The maximum absolute atomic E-state index is 14.1. The van der Waals surface area contributed by atoms with Gasteiger partial charge in [-0.3, -0.25) is 9.69 Å². The van der Waals surface area contributed by atoms with Crippen molar-refractivity contribution in [3.63, 3.8) is 0 Å². The Morgan fingerprint density at radius 1 is 1.30 bits per heavy atom. The average molecular weight is 417 g/mol. The molecule has 0 bridgehead atoms. The van der Waals surface area contributed by atoms with E-state index in [1.165, 1.54) is 13.2 Å². The molecule has 1 N–H and O–H groups in total. The quantitative estimate of drug-likeness (QED) is 0.567. The van der Waals surface area contributed by atoms with Crippen LogP contribution < -0.4 is 9.47 Å². The van der Waals surface area contributed by atoms with Gasteiger partial charge in [0, 0.05) is 37.4 Å². The Balaban J connectivity index is 1.61. The molecule has 6 nitrogen and oxygen atoms in total. The Labute approximate surface area is 176 Å². The molecule has 1 saturated heterocycles. The van der Waals surface area contributed by atoms with Crippen molar-refractivity contribution in [1.82, 2.24) is 4.90 Å². The van der Waals surface area contributed by atoms with E-state index in [4.69, 9.17) is 14.2 Å². The van der Waals surface area contributed by atoms with Crippen molar-refractivity contribution in [3.05, 3.63) is 59.4 Å². The summed E-state index contributed by atoms with van der Waals surface area (Å²) in [6.45, 7) is 2.07. The molecule has 0 radical (unpaired) electrons. The highest BCUT2D eigenvalue weighted by Gasteiger charge is 2.22. The molecule has 162 valence electrons. The standard InChI is InChI=1S/C23H28FNO5/c1-28-23-11-17(15-26)8-9-22(23)30-16-19(27)13-25(14-20-6-4-10-29-20)12-18-5-2-3-7-21(18)24/h2-3,5,7-9,11,15,19-20,27H,4,6,10,12-14,16H2,1H3. The smallest absolute Gasteiger partial charge is 0.161 e. The van der Waals surface area contributed by atoms with Crippen molar-refractivity contribution in [2.24, 2.45) is 0 Å². The number of halogens is 1. The topological polar surface area (TPSA) is 68.2 Å². The number of hydrogen-bond acceptors (Lipinski definition) is 6. The molecule has 0 spiro atoms. The summed E-state index contributed by atoms with van der Waals surface area (Å²) in [7, 11) is 1.49. The van der Waals surface area contributed by atoms with E-state index in [1.807, 2.05) is 4.90 Å². The fourth-order valence-corrected chi connectivity index (χ4v) is 3.56. The van der Waals surface area contributed by atoms with Gasteiger partial charge in [-0.1, -0.05) is 18.2 Å². The zero-order chi connectivity index (χ0) is 21.3. The van der Waals surface area contributed by atoms with Crippen LogP contribution in [0.1, 0.15) is 28.8 Å². The van der Waals surface area contributed by atoms with Crippen molar-refractivity contribution in [2.45, 2.75) is 31.6 Å². The van der Waals surface area contributed by atoms with Gasteiger partial charge < -0.3 is 19.3 Å². The van der Waals surface area contributed by atoms with E-state index in [9.17, 15) is 14.3 Å². The zero-order valence-corrected chi connectivity index (χ0v) is 17.1. The van der Waals surface area contributed by atoms with Gasteiger partial charge in [0.1, 0.15) is 24.8 Å². The zero-order valence-electron chi connectivity index (χ0n) is 17.1. The molecular weight excluding hydrogens is 389 g/mol. The normalized spacial score (nSPS) is 17.1. The SMILES string of the molecule is COc1cc(C=O)ccc1OCC(O)CN(Cc1ccccc1F)CC1CCCO1. The second-order valence-corrected chi connectivity index (χ2v) is 7.41. The molecular formula is C23H28FNO5. The summed E-state index contributed by atoms with van der Waals surface area (Å²) in [6.07, 6.45) is 1.99. The van der Waals surface area contributed by atoms with Crippen LogP contribution in [0.3, 0.4) is 0 Å². The number of methoxy groups -OCH3 is 1. The molecule has 2 aromatic carbocycles. The number of aliphatic hydroxyl groups is 1. The number of carbonyl (C=O) groups excluding carboxylic acids is 1. The first-order valence-electron chi connectivity index (χ1n) is 10.1. The Morgan fingerprint density at radius 3 is 2.83 bits per heavy atom. The van der Waals surface area contributed by atoms with E-state index in [0.29, 0.717) is 42.3 Å². The van der Waals surface area contributed by atoms with E-state index >= 15 is 0 Å². The molecule has 0 aromatic heterocycles. The monoisotopic (exact) mass is 417 g/mol. The predicted octanol–water partition coefficient (Wildman–Crippen LogP) is 3.07. The van der Waals surface area contributed by atoms with Crippen LogP contribution in [0.5, 0.6) is 11.5 Å². The minimum Gasteiger partial charge on any atom is -0.493 e. The molecule has 1 aliphatic rings. The third-order valence-electron chi connectivity index (χ3n) is 5.06. The van der Waals surface area contributed by atoms with Crippen molar-refractivity contribution in [3.8, 4) is 11.5 Å². The molecule has 2 atom stereocenters. The molecule has 0 aliphatic carbocycles. The summed E-state index contributed by atoms with van der Waals surface area (Å²) in [5.74, 6) is 0.608. The van der Waals surface area contributed by atoms with Crippen LogP contribution in [0.15, 0.2) is 42.5 Å². The fraction of sp³-hybridized carbons (Fsp3) is 0.435. The number of aldehydes is 1. The maximum Gasteiger partial charge on any atom is 0.161 e. The molecule has 2 unspecified atom stereocenters. The second-order valence-electron chi connectivity index (χ2n) is 7.41. The van der Waals surface area contributed by atoms with Gasteiger partial charge >= 0.3 is 0 Å². The number of ether oxygens (including phenoxy) is 3. The van der Waals surface area contributed by atoms with Crippen molar-refractivity contribution >= 4 is 6.29 Å². The molecule has 0 amide bonds. The van der Waals surface area contributed by atoms with Gasteiger partial charge in [-0.15, -0.1) is 0 Å². The Kier molecular flexibility index (Phi) is 8.19. The molecule has 7 heteroatoms. The van der Waals surface area contributed by atoms with Crippen molar-refractivity contribution in [1.29, 1.82) is 0 Å². The van der Waals surface area contributed by atoms with E-state index in [2.05, 4.69) is 0 Å². The summed E-state index contributed by atoms with van der Waals surface area (Å²) in [5.41, 5.74) is 1.06. The van der Waals surface area contributed by atoms with Crippen LogP contribution >= 0.6 is 0 Å². The maximum atomic E-state index is 14.1. The van der Waals surface area contributed by atoms with Gasteiger partial charge in [0.05, 0.1) is 13.2 Å². The number of benzene rings is 2. The molecule has 1 fully saturated rings. The molecule has 1 heterocycles. The lowest BCUT2D eigenvalue weighted by atomic mass is 10.1. The van der Waals surface area contributed by atoms with Gasteiger partial charge in [-0.2, -0.15) is 0 Å². The highest BCUT2D eigenvalue weighted by Crippen LogP contribution is 2.27. The second kappa shape index (κ2) is 11.1. The van der Waals surface area contributed by atoms with Crippen molar-refractivity contribution in [2.75, 3.05) is 33.4 Å². The minimum absolute atomic E-state index is 0.0378. The number of aliphatic hydroxyl groups excluding tert-OH is 1. The van der Waals surface area contributed by atoms with E-state index in [0.717, 1.165) is 25.7 Å². The summed E-state index contributed by atoms with van der Waals surface area (Å²) in [5, 5.41) is 10.6. The lowest BCUT2D eigenvalue weighted by molar-refractivity contribution is 0.0306. The van der Waals surface area contributed by atoms with E-state index < -0.39 is 6.10 Å². The highest BCUT2D eigenvalue weighted by atomic mass is 19.1. The average Bonchev–Trinajstić information content (AvgIpc) is 3.26. The molecule has 2 aromatic rings. The number of nitrogens with zero attached hydrogens (tertiary/aromatic N) is 1. The van der Waals surface area contributed by atoms with Gasteiger partial charge in [-0.25, -0.2) is 4.39 Å². The Hall–Kier alpha value is -2.48. The summed E-state index contributed by atoms with van der Waals surface area (Å²) in [4.78, 5) is 12.9. The number of rotatable bonds is 11. The van der Waals surface area contributed by atoms with Crippen LogP contribution in [0, 0.1) is 5.82 Å². The minimum atomic E-state index is -0.798. The lowest BCUT2D eigenvalue weighted by Gasteiger charge is -2.27. The van der Waals surface area contributed by atoms with E-state index in [-0.39, 0.29) is 18.5 Å². The van der Waals surface area contributed by atoms with Crippen LogP contribution in [0.25, 0.3) is 0 Å². The van der Waals surface area contributed by atoms with Crippen LogP contribution in [-0.2, 0) is 11.3 Å². The first-order valence-corrected chi connectivity index (χ1v) is 10.1. The highest BCUT2D eigenvalue weighted by molar-refractivity contribution is 5.76. The van der Waals surface area contributed by atoms with E-state index in [1.54, 1.807) is 36.4 Å². The van der Waals surface area contributed by atoms with Gasteiger partial charge in [0.25, 0.3) is 0 Å². The third-order valence-corrected chi connectivity index (χ3v) is 5.06. The Bertz CT molecular complexity index is 825. The fourth-order valence-electron chi connectivity index (χ4n) is 3.56. The van der Waals surface area contributed by atoms with Crippen LogP contribution in [0.2, 0.25) is 0 Å². The third kappa shape index (κ3) is 6.26. The predicted molar refractivity (Wildman–Crippen MR) is 111 cm³/mol.